The first-order chi connectivity index (χ1) is 27.2. The zero-order valence-electron chi connectivity index (χ0n) is 32.5. The van der Waals surface area contributed by atoms with Gasteiger partial charge in [-0.25, -0.2) is 9.97 Å². The highest BCUT2D eigenvalue weighted by atomic mass is 35.5. The molecule has 3 N–H and O–H groups in total. The van der Waals surface area contributed by atoms with Gasteiger partial charge in [-0.15, -0.1) is 0 Å². The third kappa shape index (κ3) is 9.58. The Labute approximate surface area is 337 Å². The average molecular weight is 791 g/mol. The SMILES string of the molecule is C=CC(=O)Cl.C=CC(=O)N1CC(C(C)(C)Oc2cc(-c3ccc(O)cc3)nc3c2C=NC3)C1.CC(C)(Oc1cc(-c2ccc(O)cc2)nc2c1C=NC2)C1CNC1. The second-order valence-electron chi connectivity index (χ2n) is 15.2. The Hall–Kier alpha value is -5.85. The lowest BCUT2D eigenvalue weighted by atomic mass is 9.84. The standard InChI is InChI=1S/C22H23N3O3.C19H21N3O2.C3H3ClO/c1-4-21(27)25-12-15(13-25)22(2,3)28-20-9-18(14-5-7-16(26)8-6-14)24-19-11-23-10-17(19)20;1-19(2,13-8-20-9-13)24-18-7-16(12-3-5-14(23)6-4-12)22-17-11-21-10-15(17)18;1-2-3(4)5/h4-10,15,26H,1,11-13H2,2-3H3;3-7,10,13,20,23H,8-9,11H2,1-2H3;2H,1H2. The Morgan fingerprint density at radius 2 is 1.18 bits per heavy atom. The predicted molar refractivity (Wildman–Crippen MR) is 222 cm³/mol. The number of hydrogen-bond donors (Lipinski definition) is 3. The van der Waals surface area contributed by atoms with Crippen molar-refractivity contribution >= 4 is 35.2 Å². The number of amides is 1. The van der Waals surface area contributed by atoms with Gasteiger partial charge in [0.2, 0.25) is 11.1 Å². The van der Waals surface area contributed by atoms with Crippen molar-refractivity contribution in [3.8, 4) is 45.5 Å². The molecule has 4 aliphatic heterocycles. The number of aromatic nitrogens is 2. The first-order valence-corrected chi connectivity index (χ1v) is 19.0. The zero-order chi connectivity index (χ0) is 40.9. The number of carbonyl (C=O) groups excluding carboxylic acids is 2. The van der Waals surface area contributed by atoms with E-state index in [1.807, 2.05) is 62.7 Å². The smallest absolute Gasteiger partial charge is 0.245 e. The van der Waals surface area contributed by atoms with E-state index in [-0.39, 0.29) is 28.9 Å². The van der Waals surface area contributed by atoms with Crippen LogP contribution >= 0.6 is 11.6 Å². The normalized spacial score (nSPS) is 15.4. The number of fused-ring (bicyclic) bond motifs is 2. The Balaban J connectivity index is 0.000000174. The molecule has 8 rings (SSSR count). The quantitative estimate of drug-likeness (QED) is 0.115. The minimum absolute atomic E-state index is 0.0430. The minimum atomic E-state index is -0.509. The summed E-state index contributed by atoms with van der Waals surface area (Å²) in [6.07, 6.45) is 6.05. The topological polar surface area (TPSA) is 159 Å². The summed E-state index contributed by atoms with van der Waals surface area (Å²) in [7, 11) is 0. The lowest BCUT2D eigenvalue weighted by molar-refractivity contribution is -0.137. The molecule has 1 amide bonds. The molecule has 2 aromatic heterocycles. The number of benzene rings is 2. The van der Waals surface area contributed by atoms with Gasteiger partial charge in [-0.3, -0.25) is 19.6 Å². The molecule has 0 aliphatic carbocycles. The number of aromatic hydroxyl groups is 2. The second-order valence-corrected chi connectivity index (χ2v) is 15.6. The van der Waals surface area contributed by atoms with E-state index in [9.17, 15) is 19.8 Å². The number of aliphatic imine (C=N–C) groups is 2. The number of pyridine rings is 2. The van der Waals surface area contributed by atoms with Crippen LogP contribution in [0.25, 0.3) is 22.5 Å². The van der Waals surface area contributed by atoms with Gasteiger partial charge < -0.3 is 29.9 Å². The van der Waals surface area contributed by atoms with E-state index in [0.29, 0.717) is 32.1 Å². The summed E-state index contributed by atoms with van der Waals surface area (Å²) >= 11 is 4.71. The van der Waals surface area contributed by atoms with Crippen molar-refractivity contribution in [2.75, 3.05) is 26.2 Å². The zero-order valence-corrected chi connectivity index (χ0v) is 33.3. The van der Waals surface area contributed by atoms with E-state index in [0.717, 1.165) is 75.7 Å². The van der Waals surface area contributed by atoms with Crippen LogP contribution in [0.5, 0.6) is 23.0 Å². The van der Waals surface area contributed by atoms with Crippen molar-refractivity contribution in [2.45, 2.75) is 52.0 Å². The molecule has 0 unspecified atom stereocenters. The molecule has 2 fully saturated rings. The summed E-state index contributed by atoms with van der Waals surface area (Å²) in [6.45, 7) is 19.4. The van der Waals surface area contributed by atoms with Crippen LogP contribution in [-0.4, -0.2) is 86.0 Å². The van der Waals surface area contributed by atoms with E-state index in [2.05, 4.69) is 42.3 Å². The van der Waals surface area contributed by atoms with Crippen LogP contribution in [0.1, 0.15) is 50.2 Å². The van der Waals surface area contributed by atoms with Crippen LogP contribution in [0.15, 0.2) is 96.0 Å². The van der Waals surface area contributed by atoms with Crippen molar-refractivity contribution < 1.29 is 29.3 Å². The molecule has 0 bridgehead atoms. The van der Waals surface area contributed by atoms with Crippen LogP contribution in [0.3, 0.4) is 0 Å². The largest absolute Gasteiger partial charge is 0.508 e. The fourth-order valence-corrected chi connectivity index (χ4v) is 6.60. The Bertz CT molecular complexity index is 2210. The van der Waals surface area contributed by atoms with E-state index in [4.69, 9.17) is 31.0 Å². The number of nitrogens with zero attached hydrogens (tertiary/aromatic N) is 5. The Morgan fingerprint density at radius 3 is 1.54 bits per heavy atom. The van der Waals surface area contributed by atoms with Gasteiger partial charge in [0.15, 0.2) is 0 Å². The van der Waals surface area contributed by atoms with Crippen LogP contribution in [-0.2, 0) is 22.7 Å². The van der Waals surface area contributed by atoms with Gasteiger partial charge in [0.1, 0.15) is 34.2 Å². The van der Waals surface area contributed by atoms with Gasteiger partial charge in [-0.1, -0.05) is 13.2 Å². The molecule has 2 saturated heterocycles. The van der Waals surface area contributed by atoms with Crippen molar-refractivity contribution in [3.63, 3.8) is 0 Å². The van der Waals surface area contributed by atoms with Gasteiger partial charge in [0.05, 0.1) is 47.0 Å². The van der Waals surface area contributed by atoms with E-state index in [1.165, 1.54) is 6.08 Å². The van der Waals surface area contributed by atoms with Crippen LogP contribution < -0.4 is 14.8 Å². The summed E-state index contributed by atoms with van der Waals surface area (Å²) in [5.41, 5.74) is 6.51. The van der Waals surface area contributed by atoms with E-state index < -0.39 is 10.8 Å². The Morgan fingerprint density at radius 1 is 0.754 bits per heavy atom. The first kappa shape index (κ1) is 40.8. The fraction of sp³-hybridized carbons (Fsp3) is 0.318. The molecular formula is C44H47ClN6O6. The fourth-order valence-electron chi connectivity index (χ4n) is 6.60. The van der Waals surface area contributed by atoms with Gasteiger partial charge in [0.25, 0.3) is 0 Å². The number of phenolic OH excluding ortho intramolecular Hbond substituents is 2. The maximum absolute atomic E-state index is 11.7. The molecule has 12 nitrogen and oxygen atoms in total. The number of halogens is 1. The van der Waals surface area contributed by atoms with Crippen molar-refractivity contribution in [3.05, 3.63) is 108 Å². The maximum atomic E-state index is 11.7. The van der Waals surface area contributed by atoms with Crippen molar-refractivity contribution in [1.82, 2.24) is 20.2 Å². The van der Waals surface area contributed by atoms with Gasteiger partial charge in [0, 0.05) is 73.7 Å². The Kier molecular flexibility index (Phi) is 12.2. The molecule has 0 atom stereocenters. The molecule has 4 aliphatic rings. The lowest BCUT2D eigenvalue weighted by Crippen LogP contribution is -2.59. The van der Waals surface area contributed by atoms with Gasteiger partial charge in [-0.2, -0.15) is 0 Å². The molecule has 6 heterocycles. The highest BCUT2D eigenvalue weighted by molar-refractivity contribution is 6.66. The summed E-state index contributed by atoms with van der Waals surface area (Å²) < 4.78 is 12.9. The molecule has 13 heteroatoms. The number of allylic oxidation sites excluding steroid dienone is 1. The average Bonchev–Trinajstić information content (AvgIpc) is 3.81. The van der Waals surface area contributed by atoms with Gasteiger partial charge >= 0.3 is 0 Å². The van der Waals surface area contributed by atoms with Crippen LogP contribution in [0.2, 0.25) is 0 Å². The van der Waals surface area contributed by atoms with Crippen LogP contribution in [0.4, 0.5) is 0 Å². The van der Waals surface area contributed by atoms with Gasteiger partial charge in [-0.05, 0) is 100.0 Å². The lowest BCUT2D eigenvalue weighted by Gasteiger charge is -2.47. The molecule has 0 radical (unpaired) electrons. The van der Waals surface area contributed by atoms with Crippen LogP contribution in [0, 0.1) is 11.8 Å². The third-order valence-corrected chi connectivity index (χ3v) is 10.6. The monoisotopic (exact) mass is 790 g/mol. The summed E-state index contributed by atoms with van der Waals surface area (Å²) in [4.78, 5) is 41.1. The first-order valence-electron chi connectivity index (χ1n) is 18.7. The molecule has 296 valence electrons. The molecule has 0 spiro atoms. The second kappa shape index (κ2) is 17.1. The minimum Gasteiger partial charge on any atom is -0.508 e. The summed E-state index contributed by atoms with van der Waals surface area (Å²) in [5, 5.41) is 21.8. The summed E-state index contributed by atoms with van der Waals surface area (Å²) in [5.74, 6) is 2.73. The third-order valence-electron chi connectivity index (χ3n) is 10.5. The van der Waals surface area contributed by atoms with Crippen molar-refractivity contribution in [1.29, 1.82) is 0 Å². The van der Waals surface area contributed by atoms with E-state index >= 15 is 0 Å². The summed E-state index contributed by atoms with van der Waals surface area (Å²) in [6, 6.07) is 17.9. The number of phenols is 2. The molecular weight excluding hydrogens is 744 g/mol. The number of rotatable bonds is 10. The highest BCUT2D eigenvalue weighted by Crippen LogP contribution is 2.38. The van der Waals surface area contributed by atoms with Crippen molar-refractivity contribution in [2.24, 2.45) is 21.8 Å². The predicted octanol–water partition coefficient (Wildman–Crippen LogP) is 6.89. The number of ether oxygens (including phenoxy) is 2. The number of hydrogen-bond acceptors (Lipinski definition) is 11. The highest BCUT2D eigenvalue weighted by Gasteiger charge is 2.42. The maximum Gasteiger partial charge on any atom is 0.245 e. The molecule has 57 heavy (non-hydrogen) atoms. The molecule has 2 aromatic carbocycles. The number of nitrogens with one attached hydrogen (secondary N) is 1. The number of likely N-dealkylation sites (tertiary alicyclic amines) is 1. The molecule has 0 saturated carbocycles. The number of carbonyl (C=O) groups is 2. The van der Waals surface area contributed by atoms with E-state index in [1.54, 1.807) is 29.2 Å². The molecule has 4 aromatic rings.